The number of hydrogen-bond donors (Lipinski definition) is 1. The summed E-state index contributed by atoms with van der Waals surface area (Å²) in [5.74, 6) is 0.298. The van der Waals surface area contributed by atoms with Gasteiger partial charge in [-0.2, -0.15) is 0 Å². The Bertz CT molecular complexity index is 468. The molecule has 0 bridgehead atoms. The van der Waals surface area contributed by atoms with Gasteiger partial charge in [0, 0.05) is 24.4 Å². The SMILES string of the molecule is COc1cc(NCC2(C)CCCC2)ccc1[N+](=O)[O-]. The molecule has 0 unspecified atom stereocenters. The number of rotatable bonds is 5. The highest BCUT2D eigenvalue weighted by Gasteiger charge is 2.28. The molecular weight excluding hydrogens is 244 g/mol. The number of methoxy groups -OCH3 is 1. The lowest BCUT2D eigenvalue weighted by Gasteiger charge is -2.24. The van der Waals surface area contributed by atoms with Crippen LogP contribution in [-0.2, 0) is 0 Å². The molecule has 2 rings (SSSR count). The second-order valence-electron chi connectivity index (χ2n) is 5.52. The third-order valence-electron chi connectivity index (χ3n) is 3.91. The van der Waals surface area contributed by atoms with Crippen LogP contribution in [0.15, 0.2) is 18.2 Å². The van der Waals surface area contributed by atoms with Crippen molar-refractivity contribution in [2.45, 2.75) is 32.6 Å². The van der Waals surface area contributed by atoms with Crippen molar-refractivity contribution in [3.8, 4) is 5.75 Å². The molecule has 0 radical (unpaired) electrons. The minimum Gasteiger partial charge on any atom is -0.490 e. The molecule has 1 N–H and O–H groups in total. The molecule has 0 amide bonds. The predicted octanol–water partition coefficient (Wildman–Crippen LogP) is 3.60. The quantitative estimate of drug-likeness (QED) is 0.652. The van der Waals surface area contributed by atoms with Gasteiger partial charge in [-0.05, 0) is 24.3 Å². The van der Waals surface area contributed by atoms with Gasteiger partial charge < -0.3 is 10.1 Å². The van der Waals surface area contributed by atoms with Gasteiger partial charge in [-0.3, -0.25) is 10.1 Å². The first kappa shape index (κ1) is 13.6. The fourth-order valence-corrected chi connectivity index (χ4v) is 2.66. The molecule has 1 aromatic carbocycles. The van der Waals surface area contributed by atoms with E-state index < -0.39 is 4.92 Å². The van der Waals surface area contributed by atoms with E-state index in [2.05, 4.69) is 12.2 Å². The van der Waals surface area contributed by atoms with Crippen LogP contribution in [0.5, 0.6) is 5.75 Å². The number of hydrogen-bond acceptors (Lipinski definition) is 4. The molecule has 0 atom stereocenters. The molecule has 0 heterocycles. The van der Waals surface area contributed by atoms with E-state index in [1.54, 1.807) is 12.1 Å². The van der Waals surface area contributed by atoms with Gasteiger partial charge >= 0.3 is 5.69 Å². The highest BCUT2D eigenvalue weighted by molar-refractivity contribution is 5.58. The standard InChI is InChI=1S/C14H20N2O3/c1-14(7-3-4-8-14)10-15-11-5-6-12(16(17)18)13(9-11)19-2/h5-6,9,15H,3-4,7-8,10H2,1-2H3. The van der Waals surface area contributed by atoms with Crippen molar-refractivity contribution in [1.82, 2.24) is 0 Å². The van der Waals surface area contributed by atoms with Gasteiger partial charge in [0.25, 0.3) is 0 Å². The Balaban J connectivity index is 2.07. The van der Waals surface area contributed by atoms with Crippen LogP contribution in [0.25, 0.3) is 0 Å². The topological polar surface area (TPSA) is 64.4 Å². The zero-order valence-electron chi connectivity index (χ0n) is 11.4. The largest absolute Gasteiger partial charge is 0.490 e. The van der Waals surface area contributed by atoms with Crippen LogP contribution in [0.4, 0.5) is 11.4 Å². The summed E-state index contributed by atoms with van der Waals surface area (Å²) in [6.45, 7) is 3.18. The molecule has 5 heteroatoms. The summed E-state index contributed by atoms with van der Waals surface area (Å²) in [7, 11) is 1.45. The summed E-state index contributed by atoms with van der Waals surface area (Å²) in [6.07, 6.45) is 5.07. The van der Waals surface area contributed by atoms with Gasteiger partial charge in [0.05, 0.1) is 12.0 Å². The first-order chi connectivity index (χ1) is 9.04. The van der Waals surface area contributed by atoms with Crippen LogP contribution in [0.2, 0.25) is 0 Å². The lowest BCUT2D eigenvalue weighted by Crippen LogP contribution is -2.22. The van der Waals surface area contributed by atoms with Crippen molar-refractivity contribution in [1.29, 1.82) is 0 Å². The fourth-order valence-electron chi connectivity index (χ4n) is 2.66. The highest BCUT2D eigenvalue weighted by Crippen LogP contribution is 2.38. The molecule has 0 aromatic heterocycles. The number of nitro groups is 1. The minimum atomic E-state index is -0.430. The second kappa shape index (κ2) is 5.47. The van der Waals surface area contributed by atoms with Crippen LogP contribution in [0.3, 0.4) is 0 Å². The second-order valence-corrected chi connectivity index (χ2v) is 5.52. The van der Waals surface area contributed by atoms with E-state index in [-0.39, 0.29) is 5.69 Å². The lowest BCUT2D eigenvalue weighted by molar-refractivity contribution is -0.385. The van der Waals surface area contributed by atoms with Crippen LogP contribution in [0.1, 0.15) is 32.6 Å². The maximum absolute atomic E-state index is 10.8. The Kier molecular flexibility index (Phi) is 3.93. The van der Waals surface area contributed by atoms with Gasteiger partial charge in [0.1, 0.15) is 0 Å². The number of anilines is 1. The maximum Gasteiger partial charge on any atom is 0.311 e. The zero-order chi connectivity index (χ0) is 13.9. The van der Waals surface area contributed by atoms with Crippen LogP contribution >= 0.6 is 0 Å². The van der Waals surface area contributed by atoms with Crippen LogP contribution in [-0.4, -0.2) is 18.6 Å². The Morgan fingerprint density at radius 2 is 2.11 bits per heavy atom. The smallest absolute Gasteiger partial charge is 0.311 e. The van der Waals surface area contributed by atoms with Crippen molar-refractivity contribution < 1.29 is 9.66 Å². The average Bonchev–Trinajstić information content (AvgIpc) is 2.83. The summed E-state index contributed by atoms with van der Waals surface area (Å²) in [5, 5.41) is 14.2. The van der Waals surface area contributed by atoms with Crippen LogP contribution < -0.4 is 10.1 Å². The Morgan fingerprint density at radius 3 is 2.68 bits per heavy atom. The number of nitrogens with zero attached hydrogens (tertiary/aromatic N) is 1. The maximum atomic E-state index is 10.8. The molecule has 0 aliphatic heterocycles. The van der Waals surface area contributed by atoms with Gasteiger partial charge in [0.2, 0.25) is 0 Å². The average molecular weight is 264 g/mol. The van der Waals surface area contributed by atoms with E-state index in [1.165, 1.54) is 38.9 Å². The summed E-state index contributed by atoms with van der Waals surface area (Å²) in [4.78, 5) is 10.4. The zero-order valence-corrected chi connectivity index (χ0v) is 11.4. The van der Waals surface area contributed by atoms with E-state index in [4.69, 9.17) is 4.74 Å². The number of nitro benzene ring substituents is 1. The van der Waals surface area contributed by atoms with Gasteiger partial charge in [0.15, 0.2) is 5.75 Å². The third-order valence-corrected chi connectivity index (χ3v) is 3.91. The van der Waals surface area contributed by atoms with Gasteiger partial charge in [-0.15, -0.1) is 0 Å². The molecule has 19 heavy (non-hydrogen) atoms. The third kappa shape index (κ3) is 3.16. The monoisotopic (exact) mass is 264 g/mol. The summed E-state index contributed by atoms with van der Waals surface area (Å²) < 4.78 is 5.06. The van der Waals surface area contributed by atoms with Crippen LogP contribution in [0, 0.1) is 15.5 Å². The molecule has 104 valence electrons. The summed E-state index contributed by atoms with van der Waals surface area (Å²) >= 11 is 0. The molecule has 1 aliphatic rings. The predicted molar refractivity (Wildman–Crippen MR) is 74.7 cm³/mol. The molecule has 0 saturated heterocycles. The van der Waals surface area contributed by atoms with Crippen molar-refractivity contribution >= 4 is 11.4 Å². The van der Waals surface area contributed by atoms with Crippen molar-refractivity contribution in [2.75, 3.05) is 19.0 Å². The Hall–Kier alpha value is -1.78. The van der Waals surface area contributed by atoms with Gasteiger partial charge in [-0.25, -0.2) is 0 Å². The number of nitrogens with one attached hydrogen (secondary N) is 1. The van der Waals surface area contributed by atoms with Crippen molar-refractivity contribution in [2.24, 2.45) is 5.41 Å². The van der Waals surface area contributed by atoms with Crippen molar-refractivity contribution in [3.63, 3.8) is 0 Å². The molecule has 1 aromatic rings. The molecule has 5 nitrogen and oxygen atoms in total. The van der Waals surface area contributed by atoms with E-state index in [9.17, 15) is 10.1 Å². The number of benzene rings is 1. The lowest BCUT2D eigenvalue weighted by atomic mass is 9.89. The molecule has 0 spiro atoms. The fraction of sp³-hybridized carbons (Fsp3) is 0.571. The molecule has 1 fully saturated rings. The van der Waals surface area contributed by atoms with E-state index >= 15 is 0 Å². The van der Waals surface area contributed by atoms with Gasteiger partial charge in [-0.1, -0.05) is 19.8 Å². The number of ether oxygens (including phenoxy) is 1. The normalized spacial score (nSPS) is 17.2. The molecule has 1 aliphatic carbocycles. The first-order valence-corrected chi connectivity index (χ1v) is 6.60. The molecular formula is C14H20N2O3. The Morgan fingerprint density at radius 1 is 1.42 bits per heavy atom. The highest BCUT2D eigenvalue weighted by atomic mass is 16.6. The Labute approximate surface area is 113 Å². The minimum absolute atomic E-state index is 0.000119. The van der Waals surface area contributed by atoms with E-state index in [0.717, 1.165) is 12.2 Å². The van der Waals surface area contributed by atoms with Crippen molar-refractivity contribution in [3.05, 3.63) is 28.3 Å². The summed E-state index contributed by atoms with van der Waals surface area (Å²) in [5.41, 5.74) is 1.21. The summed E-state index contributed by atoms with van der Waals surface area (Å²) in [6, 6.07) is 4.91. The van der Waals surface area contributed by atoms with E-state index in [1.807, 2.05) is 0 Å². The first-order valence-electron chi connectivity index (χ1n) is 6.60. The van der Waals surface area contributed by atoms with E-state index in [0.29, 0.717) is 11.2 Å². The molecule has 1 saturated carbocycles.